The van der Waals surface area contributed by atoms with Crippen molar-refractivity contribution in [2.45, 2.75) is 45.8 Å². The highest BCUT2D eigenvalue weighted by molar-refractivity contribution is 6.31. The van der Waals surface area contributed by atoms with E-state index < -0.39 is 23.2 Å². The average molecular weight is 470 g/mol. The molecule has 0 amide bonds. The molecule has 0 fully saturated rings. The molecule has 3 aromatic rings. The van der Waals surface area contributed by atoms with Gasteiger partial charge in [0, 0.05) is 34.7 Å². The molecule has 0 spiro atoms. The molecule has 3 rings (SSSR count). The number of esters is 1. The van der Waals surface area contributed by atoms with Gasteiger partial charge in [-0.15, -0.1) is 0 Å². The Labute approximate surface area is 196 Å². The fourth-order valence-corrected chi connectivity index (χ4v) is 3.53. The third-order valence-corrected chi connectivity index (χ3v) is 4.99. The maximum absolute atomic E-state index is 13.2. The number of aryl methyl sites for hydroxylation is 1. The van der Waals surface area contributed by atoms with Gasteiger partial charge in [-0.1, -0.05) is 16.8 Å². The summed E-state index contributed by atoms with van der Waals surface area (Å²) in [6.07, 6.45) is 1.51. The number of rotatable bonds is 6. The number of methoxy groups -OCH3 is 1. The van der Waals surface area contributed by atoms with E-state index in [2.05, 4.69) is 11.2 Å². The maximum atomic E-state index is 13.2. The topological polar surface area (TPSA) is 107 Å². The lowest BCUT2D eigenvalue weighted by atomic mass is 10.00. The summed E-state index contributed by atoms with van der Waals surface area (Å²) < 4.78 is 17.5. The normalized spacial score (nSPS) is 12.2. The summed E-state index contributed by atoms with van der Waals surface area (Å²) in [5.41, 5.74) is 0.429. The van der Waals surface area contributed by atoms with Gasteiger partial charge in [-0.05, 0) is 45.9 Å². The van der Waals surface area contributed by atoms with E-state index in [4.69, 9.17) is 25.6 Å². The highest BCUT2D eigenvalue weighted by Gasteiger charge is 2.30. The van der Waals surface area contributed by atoms with Gasteiger partial charge in [0.15, 0.2) is 0 Å². The van der Waals surface area contributed by atoms with Crippen LogP contribution in [0.3, 0.4) is 0 Å². The van der Waals surface area contributed by atoms with E-state index in [-0.39, 0.29) is 6.42 Å². The Morgan fingerprint density at radius 1 is 1.27 bits per heavy atom. The van der Waals surface area contributed by atoms with Crippen molar-refractivity contribution in [3.63, 3.8) is 0 Å². The predicted molar refractivity (Wildman–Crippen MR) is 122 cm³/mol. The third kappa shape index (κ3) is 5.62. The lowest BCUT2D eigenvalue weighted by Crippen LogP contribution is -2.36. The molecular formula is C24H24ClN3O5. The highest BCUT2D eigenvalue weighted by Crippen LogP contribution is 2.33. The van der Waals surface area contributed by atoms with Crippen molar-refractivity contribution in [1.82, 2.24) is 9.72 Å². The maximum Gasteiger partial charge on any atom is 0.330 e. The van der Waals surface area contributed by atoms with E-state index in [1.54, 1.807) is 52.0 Å². The quantitative estimate of drug-likeness (QED) is 0.490. The van der Waals surface area contributed by atoms with Gasteiger partial charge < -0.3 is 14.0 Å². The first kappa shape index (κ1) is 24.1. The molecule has 0 saturated carbocycles. The number of aromatic nitrogens is 2. The van der Waals surface area contributed by atoms with Crippen LogP contribution in [0.5, 0.6) is 5.75 Å². The van der Waals surface area contributed by atoms with Crippen molar-refractivity contribution in [2.24, 2.45) is 0 Å². The number of hydrogen-bond acceptors (Lipinski definition) is 7. The van der Waals surface area contributed by atoms with E-state index in [0.29, 0.717) is 38.9 Å². The van der Waals surface area contributed by atoms with Crippen LogP contribution < -0.4 is 10.3 Å². The summed E-state index contributed by atoms with van der Waals surface area (Å²) in [6, 6.07) is 8.84. The summed E-state index contributed by atoms with van der Waals surface area (Å²) in [5.74, 6) is 0.275. The second kappa shape index (κ2) is 9.51. The monoisotopic (exact) mass is 469 g/mol. The molecule has 0 bridgehead atoms. The minimum Gasteiger partial charge on any atom is -0.495 e. The zero-order chi connectivity index (χ0) is 24.3. The van der Waals surface area contributed by atoms with Crippen LogP contribution in [0.2, 0.25) is 5.02 Å². The summed E-state index contributed by atoms with van der Waals surface area (Å²) in [4.78, 5) is 26.3. The number of hydrogen-bond donors (Lipinski definition) is 0. The van der Waals surface area contributed by atoms with Crippen LogP contribution in [-0.4, -0.2) is 28.4 Å². The number of benzene rings is 1. The Hall–Kier alpha value is -3.57. The molecule has 2 aromatic heterocycles. The summed E-state index contributed by atoms with van der Waals surface area (Å²) in [6.45, 7) is 6.98. The van der Waals surface area contributed by atoms with E-state index >= 15 is 0 Å². The van der Waals surface area contributed by atoms with Crippen LogP contribution in [-0.2, 0) is 16.0 Å². The van der Waals surface area contributed by atoms with Crippen LogP contribution in [0.1, 0.15) is 43.8 Å². The third-order valence-electron chi connectivity index (χ3n) is 4.75. The van der Waals surface area contributed by atoms with Crippen molar-refractivity contribution >= 4 is 17.6 Å². The van der Waals surface area contributed by atoms with E-state index in [9.17, 15) is 14.9 Å². The number of nitrogens with zero attached hydrogens (tertiary/aromatic N) is 3. The molecule has 2 heterocycles. The number of ether oxygens (including phenoxy) is 2. The van der Waals surface area contributed by atoms with Crippen LogP contribution in [0.15, 0.2) is 45.8 Å². The fourth-order valence-electron chi connectivity index (χ4n) is 3.36. The molecule has 1 atom stereocenters. The molecule has 0 N–H and O–H groups in total. The Bertz CT molecular complexity index is 1280. The summed E-state index contributed by atoms with van der Waals surface area (Å²) in [5, 5.41) is 13.9. The molecule has 1 aromatic carbocycles. The Balaban J connectivity index is 2.15. The van der Waals surface area contributed by atoms with Gasteiger partial charge in [-0.2, -0.15) is 5.26 Å². The Morgan fingerprint density at radius 3 is 2.58 bits per heavy atom. The highest BCUT2D eigenvalue weighted by atomic mass is 35.5. The standard InChI is InChI=1S/C24H24ClN3O5/c1-14-8-17(27-33-14)10-20(23(30)32-24(2,3)4)28-13-21(31-5)19(11-22(28)29)18-9-16(25)7-6-15(18)12-26/h6-9,11,13,20H,10H2,1-5H3. The number of carbonyl (C=O) groups is 1. The van der Waals surface area contributed by atoms with Gasteiger partial charge in [0.05, 0.1) is 30.6 Å². The van der Waals surface area contributed by atoms with Gasteiger partial charge in [0.25, 0.3) is 5.56 Å². The first-order chi connectivity index (χ1) is 15.5. The number of carbonyl (C=O) groups excluding carboxylic acids is 1. The second-order valence-corrected chi connectivity index (χ2v) is 8.92. The lowest BCUT2D eigenvalue weighted by molar-refractivity contribution is -0.159. The van der Waals surface area contributed by atoms with Gasteiger partial charge in [-0.3, -0.25) is 9.36 Å². The Kier molecular flexibility index (Phi) is 6.94. The van der Waals surface area contributed by atoms with Gasteiger partial charge in [0.2, 0.25) is 0 Å². The number of pyridine rings is 1. The molecule has 1 unspecified atom stereocenters. The SMILES string of the molecule is COc1cn(C(Cc2cc(C)on2)C(=O)OC(C)(C)C)c(=O)cc1-c1cc(Cl)ccc1C#N. The molecule has 0 aliphatic heterocycles. The molecule has 0 radical (unpaired) electrons. The second-order valence-electron chi connectivity index (χ2n) is 8.48. The molecule has 0 saturated heterocycles. The van der Waals surface area contributed by atoms with Crippen LogP contribution in [0.4, 0.5) is 0 Å². The van der Waals surface area contributed by atoms with Crippen LogP contribution in [0, 0.1) is 18.3 Å². The minimum atomic E-state index is -1.01. The molecular weight excluding hydrogens is 446 g/mol. The zero-order valence-corrected chi connectivity index (χ0v) is 19.8. The van der Waals surface area contributed by atoms with Crippen molar-refractivity contribution in [2.75, 3.05) is 7.11 Å². The van der Waals surface area contributed by atoms with Crippen molar-refractivity contribution in [1.29, 1.82) is 5.26 Å². The smallest absolute Gasteiger partial charge is 0.330 e. The van der Waals surface area contributed by atoms with E-state index in [1.807, 2.05) is 0 Å². The molecule has 0 aliphatic rings. The molecule has 172 valence electrons. The molecule has 8 nitrogen and oxygen atoms in total. The first-order valence-corrected chi connectivity index (χ1v) is 10.6. The van der Waals surface area contributed by atoms with E-state index in [0.717, 1.165) is 0 Å². The van der Waals surface area contributed by atoms with Crippen LogP contribution >= 0.6 is 11.6 Å². The molecule has 33 heavy (non-hydrogen) atoms. The van der Waals surface area contributed by atoms with Crippen molar-refractivity contribution in [3.05, 3.63) is 68.9 Å². The molecule has 0 aliphatic carbocycles. The van der Waals surface area contributed by atoms with Gasteiger partial charge in [-0.25, -0.2) is 4.79 Å². The number of nitriles is 1. The molecule has 9 heteroatoms. The fraction of sp³-hybridized carbons (Fsp3) is 0.333. The zero-order valence-electron chi connectivity index (χ0n) is 19.0. The number of halogens is 1. The van der Waals surface area contributed by atoms with Gasteiger partial charge in [0.1, 0.15) is 23.2 Å². The minimum absolute atomic E-state index is 0.0786. The lowest BCUT2D eigenvalue weighted by Gasteiger charge is -2.25. The summed E-state index contributed by atoms with van der Waals surface area (Å²) >= 11 is 6.13. The predicted octanol–water partition coefficient (Wildman–Crippen LogP) is 4.47. The average Bonchev–Trinajstić information content (AvgIpc) is 3.15. The summed E-state index contributed by atoms with van der Waals surface area (Å²) in [7, 11) is 1.44. The van der Waals surface area contributed by atoms with Crippen LogP contribution in [0.25, 0.3) is 11.1 Å². The van der Waals surface area contributed by atoms with E-state index in [1.165, 1.54) is 23.9 Å². The Morgan fingerprint density at radius 2 is 2.00 bits per heavy atom. The first-order valence-electron chi connectivity index (χ1n) is 10.2. The van der Waals surface area contributed by atoms with Crippen molar-refractivity contribution in [3.8, 4) is 22.9 Å². The largest absolute Gasteiger partial charge is 0.495 e. The van der Waals surface area contributed by atoms with Gasteiger partial charge >= 0.3 is 5.97 Å². The van der Waals surface area contributed by atoms with Crippen molar-refractivity contribution < 1.29 is 18.8 Å².